The summed E-state index contributed by atoms with van der Waals surface area (Å²) >= 11 is 0. The van der Waals surface area contributed by atoms with Gasteiger partial charge in [-0.2, -0.15) is 0 Å². The van der Waals surface area contributed by atoms with Crippen LogP contribution in [0.25, 0.3) is 11.1 Å². The highest BCUT2D eigenvalue weighted by molar-refractivity contribution is 5.84. The Morgan fingerprint density at radius 2 is 1.40 bits per heavy atom. The Morgan fingerprint density at radius 1 is 0.900 bits per heavy atom. The fraction of sp³-hybridized carbons (Fsp3) is 0.222. The van der Waals surface area contributed by atoms with Gasteiger partial charge in [0, 0.05) is 12.3 Å². The van der Waals surface area contributed by atoms with Gasteiger partial charge in [-0.1, -0.05) is 48.5 Å². The molecule has 2 aromatic carbocycles. The van der Waals surface area contributed by atoms with E-state index >= 15 is 0 Å². The van der Waals surface area contributed by atoms with Crippen molar-refractivity contribution in [3.8, 4) is 11.1 Å². The number of benzene rings is 2. The van der Waals surface area contributed by atoms with Crippen molar-refractivity contribution in [2.24, 2.45) is 0 Å². The smallest absolute Gasteiger partial charge is 0.305 e. The number of ether oxygens (including phenoxy) is 1. The molecule has 20 heavy (non-hydrogen) atoms. The van der Waals surface area contributed by atoms with E-state index in [1.54, 1.807) is 0 Å². The van der Waals surface area contributed by atoms with Gasteiger partial charge in [-0.15, -0.1) is 0 Å². The van der Waals surface area contributed by atoms with Crippen LogP contribution in [0.5, 0.6) is 0 Å². The zero-order valence-electron chi connectivity index (χ0n) is 11.6. The van der Waals surface area contributed by atoms with Crippen molar-refractivity contribution >= 4 is 5.97 Å². The minimum atomic E-state index is -0.123. The number of hydrogen-bond acceptors (Lipinski definition) is 2. The topological polar surface area (TPSA) is 26.3 Å². The normalized spacial score (nSPS) is 12.8. The van der Waals surface area contributed by atoms with Crippen molar-refractivity contribution in [3.63, 3.8) is 0 Å². The monoisotopic (exact) mass is 265 g/mol. The largest absolute Gasteiger partial charge is 0.466 e. The Hall–Kier alpha value is -2.09. The molecule has 1 aliphatic rings. The van der Waals surface area contributed by atoms with Crippen molar-refractivity contribution in [2.75, 3.05) is 6.61 Å². The van der Waals surface area contributed by atoms with E-state index in [-0.39, 0.29) is 5.97 Å². The standard InChI is InChI=1S/C18H17O2/c1-2-20-18(19)12-11-17-15-9-5-3-7-13(15)14-8-4-6-10-16(14)17/h3-10H,2,11-12H2,1H3. The summed E-state index contributed by atoms with van der Waals surface area (Å²) in [5.74, 6) is 1.13. The molecule has 0 aromatic heterocycles. The molecule has 0 heterocycles. The first-order valence-electron chi connectivity index (χ1n) is 7.02. The number of hydrogen-bond donors (Lipinski definition) is 0. The first-order chi connectivity index (χ1) is 9.81. The van der Waals surface area contributed by atoms with Crippen LogP contribution in [0.15, 0.2) is 48.5 Å². The van der Waals surface area contributed by atoms with Crippen LogP contribution in [-0.4, -0.2) is 12.6 Å². The number of carbonyl (C=O) groups excluding carboxylic acids is 1. The molecule has 0 saturated heterocycles. The van der Waals surface area contributed by atoms with Crippen molar-refractivity contribution in [1.82, 2.24) is 0 Å². The van der Waals surface area contributed by atoms with E-state index in [0.717, 1.165) is 6.42 Å². The third kappa shape index (κ3) is 2.22. The second-order valence-electron chi connectivity index (χ2n) is 4.87. The quantitative estimate of drug-likeness (QED) is 0.782. The maximum Gasteiger partial charge on any atom is 0.305 e. The molecule has 2 nitrogen and oxygen atoms in total. The zero-order valence-corrected chi connectivity index (χ0v) is 11.6. The van der Waals surface area contributed by atoms with Gasteiger partial charge in [-0.05, 0) is 35.6 Å². The lowest BCUT2D eigenvalue weighted by Gasteiger charge is -2.12. The van der Waals surface area contributed by atoms with Gasteiger partial charge in [-0.25, -0.2) is 0 Å². The molecule has 0 aliphatic heterocycles. The Bertz CT molecular complexity index is 585. The molecule has 3 rings (SSSR count). The van der Waals surface area contributed by atoms with Crippen LogP contribution < -0.4 is 0 Å². The lowest BCUT2D eigenvalue weighted by molar-refractivity contribution is -0.143. The summed E-state index contributed by atoms with van der Waals surface area (Å²) < 4.78 is 5.03. The first-order valence-corrected chi connectivity index (χ1v) is 7.02. The predicted molar refractivity (Wildman–Crippen MR) is 79.2 cm³/mol. The molecule has 0 N–H and O–H groups in total. The Balaban J connectivity index is 1.89. The lowest BCUT2D eigenvalue weighted by Crippen LogP contribution is -2.07. The lowest BCUT2D eigenvalue weighted by atomic mass is 9.92. The minimum absolute atomic E-state index is 0.123. The van der Waals surface area contributed by atoms with Crippen LogP contribution in [0.4, 0.5) is 0 Å². The van der Waals surface area contributed by atoms with Crippen molar-refractivity contribution in [2.45, 2.75) is 19.8 Å². The van der Waals surface area contributed by atoms with E-state index in [1.165, 1.54) is 28.2 Å². The molecule has 0 amide bonds. The summed E-state index contributed by atoms with van der Waals surface area (Å²) in [6.07, 6.45) is 1.17. The summed E-state index contributed by atoms with van der Waals surface area (Å²) in [4.78, 5) is 11.6. The molecule has 0 fully saturated rings. The average Bonchev–Trinajstić information content (AvgIpc) is 2.80. The van der Waals surface area contributed by atoms with Gasteiger partial charge in [0.05, 0.1) is 6.61 Å². The van der Waals surface area contributed by atoms with Crippen LogP contribution in [0, 0.1) is 5.92 Å². The zero-order chi connectivity index (χ0) is 13.9. The van der Waals surface area contributed by atoms with E-state index in [0.29, 0.717) is 13.0 Å². The Morgan fingerprint density at radius 3 is 1.90 bits per heavy atom. The summed E-state index contributed by atoms with van der Waals surface area (Å²) in [5.41, 5.74) is 5.03. The Labute approximate surface area is 119 Å². The number of rotatable bonds is 4. The molecule has 0 unspecified atom stereocenters. The van der Waals surface area contributed by atoms with Gasteiger partial charge in [0.15, 0.2) is 0 Å². The number of fused-ring (bicyclic) bond motifs is 3. The second kappa shape index (κ2) is 5.49. The van der Waals surface area contributed by atoms with Gasteiger partial charge in [0.2, 0.25) is 0 Å². The molecule has 1 aliphatic carbocycles. The summed E-state index contributed by atoms with van der Waals surface area (Å²) in [6, 6.07) is 16.8. The summed E-state index contributed by atoms with van der Waals surface area (Å²) in [6.45, 7) is 2.28. The second-order valence-corrected chi connectivity index (χ2v) is 4.87. The molecule has 1 radical (unpaired) electrons. The van der Waals surface area contributed by atoms with Crippen LogP contribution >= 0.6 is 0 Å². The van der Waals surface area contributed by atoms with E-state index in [9.17, 15) is 4.79 Å². The molecular formula is C18H17O2. The maximum atomic E-state index is 11.6. The predicted octanol–water partition coefficient (Wildman–Crippen LogP) is 3.98. The van der Waals surface area contributed by atoms with Crippen molar-refractivity contribution in [1.29, 1.82) is 0 Å². The van der Waals surface area contributed by atoms with Crippen LogP contribution in [0.1, 0.15) is 30.9 Å². The number of esters is 1. The third-order valence-corrected chi connectivity index (χ3v) is 3.68. The molecule has 0 bridgehead atoms. The molecule has 0 spiro atoms. The molecule has 101 valence electrons. The highest BCUT2D eigenvalue weighted by Gasteiger charge is 2.28. The van der Waals surface area contributed by atoms with Gasteiger partial charge in [0.1, 0.15) is 0 Å². The van der Waals surface area contributed by atoms with Crippen LogP contribution in [-0.2, 0) is 9.53 Å². The third-order valence-electron chi connectivity index (χ3n) is 3.68. The van der Waals surface area contributed by atoms with Crippen molar-refractivity contribution < 1.29 is 9.53 Å². The number of carbonyl (C=O) groups is 1. The van der Waals surface area contributed by atoms with Crippen molar-refractivity contribution in [3.05, 3.63) is 65.6 Å². The van der Waals surface area contributed by atoms with Crippen LogP contribution in [0.3, 0.4) is 0 Å². The first kappa shape index (κ1) is 12.9. The molecule has 0 saturated carbocycles. The summed E-state index contributed by atoms with van der Waals surface area (Å²) in [5, 5.41) is 0. The van der Waals surface area contributed by atoms with Gasteiger partial charge >= 0.3 is 5.97 Å². The maximum absolute atomic E-state index is 11.6. The van der Waals surface area contributed by atoms with Gasteiger partial charge in [0.25, 0.3) is 0 Å². The molecule has 2 heteroatoms. The summed E-state index contributed by atoms with van der Waals surface area (Å²) in [7, 11) is 0. The van der Waals surface area contributed by atoms with E-state index in [1.807, 2.05) is 6.92 Å². The average molecular weight is 265 g/mol. The van der Waals surface area contributed by atoms with E-state index < -0.39 is 0 Å². The highest BCUT2D eigenvalue weighted by atomic mass is 16.5. The molecule has 0 atom stereocenters. The van der Waals surface area contributed by atoms with Gasteiger partial charge in [-0.3, -0.25) is 4.79 Å². The fourth-order valence-electron chi connectivity index (χ4n) is 2.84. The molecule has 2 aromatic rings. The Kier molecular flexibility index (Phi) is 3.55. The molecular weight excluding hydrogens is 248 g/mol. The van der Waals surface area contributed by atoms with E-state index in [2.05, 4.69) is 48.5 Å². The highest BCUT2D eigenvalue weighted by Crippen LogP contribution is 2.45. The van der Waals surface area contributed by atoms with Crippen LogP contribution in [0.2, 0.25) is 0 Å². The van der Waals surface area contributed by atoms with Gasteiger partial charge < -0.3 is 4.74 Å². The van der Waals surface area contributed by atoms with E-state index in [4.69, 9.17) is 4.74 Å². The SMILES string of the molecule is CCOC(=O)CC[C]1c2ccccc2-c2ccccc21. The minimum Gasteiger partial charge on any atom is -0.466 e. The fourth-order valence-corrected chi connectivity index (χ4v) is 2.84.